The molecule has 0 aliphatic heterocycles. The van der Waals surface area contributed by atoms with Crippen LogP contribution in [0.15, 0.2) is 64.6 Å². The molecule has 0 aliphatic rings. The Hall–Kier alpha value is -2.34. The molecule has 1 N–H and O–H groups in total. The Bertz CT molecular complexity index is 695. The second-order valence-corrected chi connectivity index (χ2v) is 5.83. The number of hydrogen-bond donors (Lipinski definition) is 1. The molecule has 2 aromatic rings. The van der Waals surface area contributed by atoms with Gasteiger partial charge in [0, 0.05) is 0 Å². The van der Waals surface area contributed by atoms with E-state index in [2.05, 4.69) is 9.93 Å². The quantitative estimate of drug-likeness (QED) is 0.658. The summed E-state index contributed by atoms with van der Waals surface area (Å²) in [4.78, 5) is 2.35. The van der Waals surface area contributed by atoms with Crippen LogP contribution in [0.3, 0.4) is 0 Å². The molecule has 0 saturated heterocycles. The predicted octanol–water partition coefficient (Wildman–Crippen LogP) is 2.40. The van der Waals surface area contributed by atoms with Crippen LogP contribution >= 0.6 is 0 Å². The zero-order valence-electron chi connectivity index (χ0n) is 11.6. The number of rotatable bonds is 6. The number of hydrazone groups is 1. The summed E-state index contributed by atoms with van der Waals surface area (Å²) < 4.78 is 29.2. The zero-order chi connectivity index (χ0) is 15.1. The smallest absolute Gasteiger partial charge is 0.276 e. The lowest BCUT2D eigenvalue weighted by Crippen LogP contribution is -2.18. The highest BCUT2D eigenvalue weighted by atomic mass is 32.2. The van der Waals surface area contributed by atoms with Gasteiger partial charge in [0.1, 0.15) is 5.75 Å². The zero-order valence-corrected chi connectivity index (χ0v) is 12.4. The molecule has 0 radical (unpaired) electrons. The summed E-state index contributed by atoms with van der Waals surface area (Å²) in [7, 11) is -3.62. The molecular weight excluding hydrogens is 288 g/mol. The van der Waals surface area contributed by atoms with Crippen molar-refractivity contribution in [1.82, 2.24) is 4.83 Å². The highest BCUT2D eigenvalue weighted by Gasteiger charge is 2.10. The summed E-state index contributed by atoms with van der Waals surface area (Å²) in [6.45, 7) is 2.51. The number of nitrogens with zero attached hydrogens (tertiary/aromatic N) is 1. The van der Waals surface area contributed by atoms with Gasteiger partial charge in [0.2, 0.25) is 0 Å². The van der Waals surface area contributed by atoms with Gasteiger partial charge < -0.3 is 4.74 Å². The molecule has 21 heavy (non-hydrogen) atoms. The molecule has 0 unspecified atom stereocenters. The van der Waals surface area contributed by atoms with Crippen molar-refractivity contribution in [3.05, 3.63) is 60.2 Å². The topological polar surface area (TPSA) is 67.8 Å². The van der Waals surface area contributed by atoms with Gasteiger partial charge in [0.05, 0.1) is 17.7 Å². The first-order valence-electron chi connectivity index (χ1n) is 6.44. The highest BCUT2D eigenvalue weighted by Crippen LogP contribution is 2.11. The van der Waals surface area contributed by atoms with Gasteiger partial charge in [-0.15, -0.1) is 0 Å². The van der Waals surface area contributed by atoms with E-state index in [0.717, 1.165) is 11.3 Å². The summed E-state index contributed by atoms with van der Waals surface area (Å²) in [5, 5.41) is 3.76. The maximum atomic E-state index is 11.9. The molecule has 2 aromatic carbocycles. The first-order valence-corrected chi connectivity index (χ1v) is 7.93. The number of sulfonamides is 1. The van der Waals surface area contributed by atoms with Crippen molar-refractivity contribution in [2.45, 2.75) is 11.8 Å². The van der Waals surface area contributed by atoms with Crippen LogP contribution in [0.2, 0.25) is 0 Å². The maximum absolute atomic E-state index is 11.9. The fourth-order valence-electron chi connectivity index (χ4n) is 1.64. The van der Waals surface area contributed by atoms with Crippen LogP contribution in [0.25, 0.3) is 0 Å². The molecule has 0 bridgehead atoms. The third-order valence-corrected chi connectivity index (χ3v) is 3.87. The van der Waals surface area contributed by atoms with Crippen LogP contribution in [0.1, 0.15) is 12.5 Å². The lowest BCUT2D eigenvalue weighted by molar-refractivity contribution is 0.340. The van der Waals surface area contributed by atoms with E-state index in [1.54, 1.807) is 42.5 Å². The Balaban J connectivity index is 2.02. The minimum Gasteiger partial charge on any atom is -0.494 e. The number of nitrogens with one attached hydrogen (secondary N) is 1. The van der Waals surface area contributed by atoms with Crippen LogP contribution in [-0.4, -0.2) is 21.2 Å². The summed E-state index contributed by atoms with van der Waals surface area (Å²) in [6, 6.07) is 15.3. The van der Waals surface area contributed by atoms with Gasteiger partial charge in [0.15, 0.2) is 0 Å². The fourth-order valence-corrected chi connectivity index (χ4v) is 2.45. The number of hydrogen-bond acceptors (Lipinski definition) is 4. The van der Waals surface area contributed by atoms with Crippen molar-refractivity contribution >= 4 is 16.2 Å². The first-order chi connectivity index (χ1) is 10.1. The van der Waals surface area contributed by atoms with E-state index < -0.39 is 10.0 Å². The molecule has 5 nitrogen and oxygen atoms in total. The molecule has 110 valence electrons. The molecular formula is C15H16N2O3S. The SMILES string of the molecule is CCOc1ccc(/C=N/NS(=O)(=O)c2ccccc2)cc1. The summed E-state index contributed by atoms with van der Waals surface area (Å²) in [5.41, 5.74) is 0.772. The molecule has 0 spiro atoms. The van der Waals surface area contributed by atoms with E-state index in [1.165, 1.54) is 18.3 Å². The Morgan fingerprint density at radius 1 is 1.10 bits per heavy atom. The Kier molecular flexibility index (Phi) is 4.94. The Morgan fingerprint density at radius 3 is 2.38 bits per heavy atom. The predicted molar refractivity (Wildman–Crippen MR) is 82.0 cm³/mol. The van der Waals surface area contributed by atoms with Crippen molar-refractivity contribution in [2.24, 2.45) is 5.10 Å². The second-order valence-electron chi connectivity index (χ2n) is 4.17. The average molecular weight is 304 g/mol. The minimum absolute atomic E-state index is 0.175. The average Bonchev–Trinajstić information content (AvgIpc) is 2.50. The van der Waals surface area contributed by atoms with Crippen molar-refractivity contribution in [3.63, 3.8) is 0 Å². The normalized spacial score (nSPS) is 11.5. The van der Waals surface area contributed by atoms with E-state index in [4.69, 9.17) is 4.74 Å². The van der Waals surface area contributed by atoms with Crippen LogP contribution in [0.5, 0.6) is 5.75 Å². The summed E-state index contributed by atoms with van der Waals surface area (Å²) >= 11 is 0. The van der Waals surface area contributed by atoms with Gasteiger partial charge in [-0.25, -0.2) is 4.83 Å². The second kappa shape index (κ2) is 6.90. The van der Waals surface area contributed by atoms with Crippen LogP contribution in [0, 0.1) is 0 Å². The molecule has 0 aliphatic carbocycles. The molecule has 0 saturated carbocycles. The van der Waals surface area contributed by atoms with E-state index in [-0.39, 0.29) is 4.90 Å². The van der Waals surface area contributed by atoms with Gasteiger partial charge in [0.25, 0.3) is 10.0 Å². The lowest BCUT2D eigenvalue weighted by atomic mass is 10.2. The molecule has 0 amide bonds. The molecule has 0 aromatic heterocycles. The van der Waals surface area contributed by atoms with E-state index in [9.17, 15) is 8.42 Å². The van der Waals surface area contributed by atoms with Gasteiger partial charge in [-0.05, 0) is 48.9 Å². The van der Waals surface area contributed by atoms with E-state index in [1.807, 2.05) is 6.92 Å². The first kappa shape index (κ1) is 15.1. The minimum atomic E-state index is -3.62. The third kappa shape index (κ3) is 4.32. The molecule has 0 fully saturated rings. The van der Waals surface area contributed by atoms with Gasteiger partial charge in [-0.1, -0.05) is 18.2 Å². The van der Waals surface area contributed by atoms with Crippen molar-refractivity contribution < 1.29 is 13.2 Å². The van der Waals surface area contributed by atoms with Crippen molar-refractivity contribution in [3.8, 4) is 5.75 Å². The van der Waals surface area contributed by atoms with Crippen LogP contribution in [0.4, 0.5) is 0 Å². The van der Waals surface area contributed by atoms with Crippen LogP contribution in [-0.2, 0) is 10.0 Å². The Morgan fingerprint density at radius 2 is 1.76 bits per heavy atom. The summed E-state index contributed by atoms with van der Waals surface area (Å²) in [5.74, 6) is 0.763. The fraction of sp³-hybridized carbons (Fsp3) is 0.133. The standard InChI is InChI=1S/C15H16N2O3S/c1-2-20-14-10-8-13(9-11-14)12-16-17-21(18,19)15-6-4-3-5-7-15/h3-12,17H,2H2,1H3/b16-12+. The molecule has 0 atom stereocenters. The number of benzene rings is 2. The molecule has 0 heterocycles. The maximum Gasteiger partial charge on any atom is 0.276 e. The van der Waals surface area contributed by atoms with E-state index >= 15 is 0 Å². The van der Waals surface area contributed by atoms with Crippen molar-refractivity contribution in [1.29, 1.82) is 0 Å². The molecule has 2 rings (SSSR count). The van der Waals surface area contributed by atoms with Gasteiger partial charge in [-0.2, -0.15) is 13.5 Å². The third-order valence-electron chi connectivity index (χ3n) is 2.63. The molecule has 6 heteroatoms. The van der Waals surface area contributed by atoms with Gasteiger partial charge >= 0.3 is 0 Å². The van der Waals surface area contributed by atoms with E-state index in [0.29, 0.717) is 6.61 Å². The number of ether oxygens (including phenoxy) is 1. The highest BCUT2D eigenvalue weighted by molar-refractivity contribution is 7.89. The van der Waals surface area contributed by atoms with Gasteiger partial charge in [-0.3, -0.25) is 0 Å². The van der Waals surface area contributed by atoms with Crippen LogP contribution < -0.4 is 9.57 Å². The monoisotopic (exact) mass is 304 g/mol. The largest absolute Gasteiger partial charge is 0.494 e. The lowest BCUT2D eigenvalue weighted by Gasteiger charge is -2.03. The van der Waals surface area contributed by atoms with Crippen molar-refractivity contribution in [2.75, 3.05) is 6.61 Å². The summed E-state index contributed by atoms with van der Waals surface area (Å²) in [6.07, 6.45) is 1.44. The Labute approximate surface area is 124 Å².